The number of ether oxygens (including phenoxy) is 1. The van der Waals surface area contributed by atoms with Crippen molar-refractivity contribution in [1.82, 2.24) is 0 Å². The Kier molecular flexibility index (Phi) is 7.43. The molecule has 0 aromatic heterocycles. The number of epoxide rings is 1. The van der Waals surface area contributed by atoms with Gasteiger partial charge in [0.25, 0.3) is 0 Å². The van der Waals surface area contributed by atoms with Crippen LogP contribution in [0.4, 0.5) is 8.78 Å². The van der Waals surface area contributed by atoms with Crippen LogP contribution in [0.25, 0.3) is 11.1 Å². The quantitative estimate of drug-likeness (QED) is 0.236. The van der Waals surface area contributed by atoms with E-state index in [1.807, 2.05) is 0 Å². The van der Waals surface area contributed by atoms with Gasteiger partial charge in [0.1, 0.15) is 6.10 Å². The minimum absolute atomic E-state index is 0.111. The van der Waals surface area contributed by atoms with Gasteiger partial charge >= 0.3 is 0 Å². The van der Waals surface area contributed by atoms with E-state index in [9.17, 15) is 8.78 Å². The van der Waals surface area contributed by atoms with Crippen molar-refractivity contribution in [2.45, 2.75) is 63.9 Å². The Bertz CT molecular complexity index is 1150. The van der Waals surface area contributed by atoms with Crippen LogP contribution in [0.2, 0.25) is 0 Å². The monoisotopic (exact) mass is 472 g/mol. The number of rotatable bonds is 8. The Morgan fingerprint density at radius 2 is 1.34 bits per heavy atom. The Morgan fingerprint density at radius 1 is 0.771 bits per heavy atom. The SMILES string of the molecule is CCc1ccc(-c2ccc(CC/C=C/C3CCC(c4ccc(C5CO5)c(F)c4F)CC3)cc2)cc1. The summed E-state index contributed by atoms with van der Waals surface area (Å²) in [5.41, 5.74) is 6.15. The van der Waals surface area contributed by atoms with E-state index >= 15 is 0 Å². The summed E-state index contributed by atoms with van der Waals surface area (Å²) in [6.07, 6.45) is 11.4. The number of benzene rings is 3. The van der Waals surface area contributed by atoms with E-state index < -0.39 is 11.6 Å². The fourth-order valence-electron chi connectivity index (χ4n) is 5.33. The molecular formula is C32H34F2O. The van der Waals surface area contributed by atoms with Crippen LogP contribution >= 0.6 is 0 Å². The summed E-state index contributed by atoms with van der Waals surface area (Å²) < 4.78 is 34.2. The normalized spacial score (nSPS) is 22.0. The number of hydrogen-bond acceptors (Lipinski definition) is 1. The molecule has 3 heteroatoms. The summed E-state index contributed by atoms with van der Waals surface area (Å²) in [4.78, 5) is 0. The van der Waals surface area contributed by atoms with E-state index in [1.165, 1.54) is 22.3 Å². The molecular weight excluding hydrogens is 438 g/mol. The first-order valence-corrected chi connectivity index (χ1v) is 13.1. The zero-order valence-electron chi connectivity index (χ0n) is 20.5. The number of aryl methyl sites for hydroxylation is 2. The van der Waals surface area contributed by atoms with Gasteiger partial charge in [0, 0.05) is 5.56 Å². The van der Waals surface area contributed by atoms with Gasteiger partial charge in [-0.3, -0.25) is 0 Å². The molecule has 1 saturated heterocycles. The maximum Gasteiger partial charge on any atom is 0.165 e. The summed E-state index contributed by atoms with van der Waals surface area (Å²) in [6.45, 7) is 2.67. The molecule has 1 aliphatic heterocycles. The fourth-order valence-corrected chi connectivity index (χ4v) is 5.33. The number of hydrogen-bond donors (Lipinski definition) is 0. The summed E-state index contributed by atoms with van der Waals surface area (Å²) in [7, 11) is 0. The predicted molar refractivity (Wildman–Crippen MR) is 138 cm³/mol. The second-order valence-corrected chi connectivity index (χ2v) is 10.0. The van der Waals surface area contributed by atoms with E-state index in [2.05, 4.69) is 67.6 Å². The molecule has 2 fully saturated rings. The lowest BCUT2D eigenvalue weighted by molar-refractivity contribution is 0.360. The third-order valence-electron chi connectivity index (χ3n) is 7.69. The van der Waals surface area contributed by atoms with Crippen molar-refractivity contribution >= 4 is 0 Å². The van der Waals surface area contributed by atoms with Crippen LogP contribution in [-0.4, -0.2) is 6.61 Å². The first-order chi connectivity index (χ1) is 17.1. The molecule has 1 heterocycles. The van der Waals surface area contributed by atoms with Crippen LogP contribution in [-0.2, 0) is 17.6 Å². The molecule has 3 aromatic carbocycles. The molecule has 0 spiro atoms. The van der Waals surface area contributed by atoms with E-state index in [1.54, 1.807) is 12.1 Å². The van der Waals surface area contributed by atoms with Gasteiger partial charge in [-0.2, -0.15) is 0 Å². The van der Waals surface area contributed by atoms with Gasteiger partial charge in [-0.25, -0.2) is 8.78 Å². The van der Waals surface area contributed by atoms with Crippen molar-refractivity contribution < 1.29 is 13.5 Å². The Hall–Kier alpha value is -2.78. The highest BCUT2D eigenvalue weighted by Gasteiger charge is 2.32. The van der Waals surface area contributed by atoms with Gasteiger partial charge < -0.3 is 4.74 Å². The van der Waals surface area contributed by atoms with Crippen LogP contribution in [0.1, 0.15) is 73.3 Å². The van der Waals surface area contributed by atoms with Crippen LogP contribution < -0.4 is 0 Å². The first-order valence-electron chi connectivity index (χ1n) is 13.1. The third kappa shape index (κ3) is 5.73. The number of allylic oxidation sites excluding steroid dienone is 2. The molecule has 1 nitrogen and oxygen atoms in total. The van der Waals surface area contributed by atoms with Crippen LogP contribution in [0.3, 0.4) is 0 Å². The maximum atomic E-state index is 14.6. The minimum atomic E-state index is -0.713. The third-order valence-corrected chi connectivity index (χ3v) is 7.69. The standard InChI is InChI=1S/C32H34F2O/c1-2-22-7-13-25(14-8-22)26-15-9-23(10-16-26)5-3-4-6-24-11-17-27(18-12-24)28-19-20-29(30-21-35-30)32(34)31(28)33/h4,6-10,13-16,19-20,24,27,30H,2-3,5,11-12,17-18,21H2,1H3/b6-4+. The summed E-state index contributed by atoms with van der Waals surface area (Å²) in [6, 6.07) is 21.2. The molecule has 0 N–H and O–H groups in total. The van der Waals surface area contributed by atoms with Crippen molar-refractivity contribution in [3.63, 3.8) is 0 Å². The lowest BCUT2D eigenvalue weighted by Crippen LogP contribution is -2.14. The molecule has 1 unspecified atom stereocenters. The van der Waals surface area contributed by atoms with Crippen molar-refractivity contribution in [2.75, 3.05) is 6.61 Å². The smallest absolute Gasteiger partial charge is 0.165 e. The molecule has 35 heavy (non-hydrogen) atoms. The van der Waals surface area contributed by atoms with Gasteiger partial charge in [0.2, 0.25) is 0 Å². The zero-order valence-corrected chi connectivity index (χ0v) is 20.5. The lowest BCUT2D eigenvalue weighted by atomic mass is 9.78. The largest absolute Gasteiger partial charge is 0.368 e. The summed E-state index contributed by atoms with van der Waals surface area (Å²) in [5.74, 6) is -0.734. The predicted octanol–water partition coefficient (Wildman–Crippen LogP) is 8.73. The van der Waals surface area contributed by atoms with Gasteiger partial charge in [0.05, 0.1) is 6.61 Å². The molecule has 0 bridgehead atoms. The van der Waals surface area contributed by atoms with Gasteiger partial charge in [0.15, 0.2) is 11.6 Å². The molecule has 2 aliphatic rings. The Balaban J connectivity index is 1.08. The fraction of sp³-hybridized carbons (Fsp3) is 0.375. The topological polar surface area (TPSA) is 12.5 Å². The average Bonchev–Trinajstić information content (AvgIpc) is 3.75. The van der Waals surface area contributed by atoms with Crippen LogP contribution in [0, 0.1) is 17.6 Å². The first kappa shape index (κ1) is 23.9. The molecule has 0 amide bonds. The molecule has 5 rings (SSSR count). The van der Waals surface area contributed by atoms with Crippen LogP contribution in [0.15, 0.2) is 72.8 Å². The number of halogens is 2. The minimum Gasteiger partial charge on any atom is -0.368 e. The van der Waals surface area contributed by atoms with Crippen molar-refractivity contribution in [1.29, 1.82) is 0 Å². The van der Waals surface area contributed by atoms with E-state index in [4.69, 9.17) is 4.74 Å². The highest BCUT2D eigenvalue weighted by atomic mass is 19.2. The molecule has 1 atom stereocenters. The van der Waals surface area contributed by atoms with E-state index in [-0.39, 0.29) is 12.0 Å². The highest BCUT2D eigenvalue weighted by Crippen LogP contribution is 2.40. The molecule has 0 radical (unpaired) electrons. The Labute approximate surface area is 207 Å². The maximum absolute atomic E-state index is 14.6. The van der Waals surface area contributed by atoms with E-state index in [0.717, 1.165) is 44.9 Å². The van der Waals surface area contributed by atoms with Gasteiger partial charge in [-0.15, -0.1) is 0 Å². The second-order valence-electron chi connectivity index (χ2n) is 10.0. The lowest BCUT2D eigenvalue weighted by Gasteiger charge is -2.27. The van der Waals surface area contributed by atoms with Gasteiger partial charge in [-0.05, 0) is 84.6 Å². The van der Waals surface area contributed by atoms with Crippen molar-refractivity contribution in [3.8, 4) is 11.1 Å². The summed E-state index contributed by atoms with van der Waals surface area (Å²) in [5, 5.41) is 0. The van der Waals surface area contributed by atoms with Crippen molar-refractivity contribution in [3.05, 3.63) is 107 Å². The summed E-state index contributed by atoms with van der Waals surface area (Å²) >= 11 is 0. The van der Waals surface area contributed by atoms with Crippen molar-refractivity contribution in [2.24, 2.45) is 5.92 Å². The highest BCUT2D eigenvalue weighted by molar-refractivity contribution is 5.64. The Morgan fingerprint density at radius 3 is 1.94 bits per heavy atom. The molecule has 3 aromatic rings. The molecule has 1 aliphatic carbocycles. The van der Waals surface area contributed by atoms with Gasteiger partial charge in [-0.1, -0.05) is 79.7 Å². The van der Waals surface area contributed by atoms with Crippen LogP contribution in [0.5, 0.6) is 0 Å². The van der Waals surface area contributed by atoms with E-state index in [0.29, 0.717) is 23.7 Å². The zero-order chi connectivity index (χ0) is 24.2. The molecule has 1 saturated carbocycles. The second kappa shape index (κ2) is 10.9. The average molecular weight is 473 g/mol. The molecule has 182 valence electrons.